The number of anilines is 1. The minimum absolute atomic E-state index is 0.259. The summed E-state index contributed by atoms with van der Waals surface area (Å²) in [5, 5.41) is 4.07. The highest BCUT2D eigenvalue weighted by atomic mass is 19.1. The molecule has 2 nitrogen and oxygen atoms in total. The predicted octanol–water partition coefficient (Wildman–Crippen LogP) is 3.58. The molecule has 0 fully saturated rings. The van der Waals surface area contributed by atoms with Crippen LogP contribution in [0.1, 0.15) is 11.1 Å². The molecule has 0 bridgehead atoms. The Hall–Kier alpha value is -2.16. The Labute approximate surface area is 99.8 Å². The fourth-order valence-electron chi connectivity index (χ4n) is 1.46. The molecule has 86 valence electrons. The number of halogens is 1. The number of benzene rings is 2. The molecule has 2 rings (SSSR count). The molecule has 0 spiro atoms. The largest absolute Gasteiger partial charge is 0.278 e. The molecule has 0 aliphatic carbocycles. The van der Waals surface area contributed by atoms with Gasteiger partial charge in [0.2, 0.25) is 0 Å². The highest BCUT2D eigenvalue weighted by Crippen LogP contribution is 2.12. The summed E-state index contributed by atoms with van der Waals surface area (Å²) in [7, 11) is 0. The number of nitrogens with one attached hydrogen (secondary N) is 1. The van der Waals surface area contributed by atoms with Crippen LogP contribution in [-0.4, -0.2) is 6.21 Å². The van der Waals surface area contributed by atoms with Gasteiger partial charge >= 0.3 is 0 Å². The molecule has 0 unspecified atom stereocenters. The average molecular weight is 228 g/mol. The quantitative estimate of drug-likeness (QED) is 0.630. The Kier molecular flexibility index (Phi) is 3.50. The molecule has 0 radical (unpaired) electrons. The Morgan fingerprint density at radius 2 is 1.94 bits per heavy atom. The smallest absolute Gasteiger partial charge is 0.123 e. The summed E-state index contributed by atoms with van der Waals surface area (Å²) in [6.07, 6.45) is 1.59. The summed E-state index contributed by atoms with van der Waals surface area (Å²) in [6, 6.07) is 14.1. The first-order valence-corrected chi connectivity index (χ1v) is 5.36. The van der Waals surface area contributed by atoms with Gasteiger partial charge in [0.05, 0.1) is 11.9 Å². The Morgan fingerprint density at radius 3 is 2.71 bits per heavy atom. The highest BCUT2D eigenvalue weighted by molar-refractivity contribution is 5.80. The third-order valence-corrected chi connectivity index (χ3v) is 2.39. The van der Waals surface area contributed by atoms with Gasteiger partial charge in [0, 0.05) is 0 Å². The summed E-state index contributed by atoms with van der Waals surface area (Å²) >= 11 is 0. The van der Waals surface area contributed by atoms with Crippen LogP contribution < -0.4 is 5.43 Å². The lowest BCUT2D eigenvalue weighted by Gasteiger charge is -2.03. The fraction of sp³-hybridized carbons (Fsp3) is 0.0714. The van der Waals surface area contributed by atoms with Crippen molar-refractivity contribution in [2.45, 2.75) is 6.92 Å². The lowest BCUT2D eigenvalue weighted by molar-refractivity contribution is 0.627. The minimum Gasteiger partial charge on any atom is -0.278 e. The van der Waals surface area contributed by atoms with Gasteiger partial charge in [0.1, 0.15) is 5.82 Å². The number of hydrogen-bond acceptors (Lipinski definition) is 2. The van der Waals surface area contributed by atoms with Crippen molar-refractivity contribution in [2.24, 2.45) is 5.10 Å². The number of rotatable bonds is 3. The van der Waals surface area contributed by atoms with E-state index in [2.05, 4.69) is 10.5 Å². The van der Waals surface area contributed by atoms with Crippen LogP contribution in [0.2, 0.25) is 0 Å². The molecule has 2 aromatic rings. The van der Waals surface area contributed by atoms with Crippen molar-refractivity contribution in [3.63, 3.8) is 0 Å². The summed E-state index contributed by atoms with van der Waals surface area (Å²) in [5.41, 5.74) is 5.72. The van der Waals surface area contributed by atoms with Crippen molar-refractivity contribution in [1.82, 2.24) is 0 Å². The van der Waals surface area contributed by atoms with Crippen LogP contribution in [0.25, 0.3) is 0 Å². The molecule has 0 heterocycles. The third kappa shape index (κ3) is 3.14. The molecule has 17 heavy (non-hydrogen) atoms. The first kappa shape index (κ1) is 11.3. The zero-order chi connectivity index (χ0) is 12.1. The molecule has 0 amide bonds. The number of hydrazone groups is 1. The second-order valence-corrected chi connectivity index (χ2v) is 3.74. The van der Waals surface area contributed by atoms with E-state index in [1.54, 1.807) is 18.3 Å². The summed E-state index contributed by atoms with van der Waals surface area (Å²) < 4.78 is 12.9. The number of hydrogen-bond donors (Lipinski definition) is 1. The first-order valence-electron chi connectivity index (χ1n) is 5.36. The molecule has 2 aromatic carbocycles. The van der Waals surface area contributed by atoms with Crippen molar-refractivity contribution in [2.75, 3.05) is 5.43 Å². The molecule has 0 aliphatic rings. The van der Waals surface area contributed by atoms with Gasteiger partial charge < -0.3 is 0 Å². The standard InChI is InChI=1S/C14H13FN2/c1-11-5-2-3-8-14(11)17-16-10-12-6-4-7-13(15)9-12/h2-10,17H,1H3/b16-10+. The molecule has 0 atom stereocenters. The van der Waals surface area contributed by atoms with E-state index < -0.39 is 0 Å². The maximum absolute atomic E-state index is 12.9. The van der Waals surface area contributed by atoms with Gasteiger partial charge in [-0.05, 0) is 36.2 Å². The van der Waals surface area contributed by atoms with Crippen LogP contribution >= 0.6 is 0 Å². The van der Waals surface area contributed by atoms with E-state index in [4.69, 9.17) is 0 Å². The zero-order valence-corrected chi connectivity index (χ0v) is 9.52. The molecule has 0 aromatic heterocycles. The van der Waals surface area contributed by atoms with Gasteiger partial charge in [-0.25, -0.2) is 4.39 Å². The van der Waals surface area contributed by atoms with Crippen molar-refractivity contribution in [3.8, 4) is 0 Å². The zero-order valence-electron chi connectivity index (χ0n) is 9.52. The minimum atomic E-state index is -0.259. The average Bonchev–Trinajstić information content (AvgIpc) is 2.32. The van der Waals surface area contributed by atoms with Crippen LogP contribution in [0.15, 0.2) is 53.6 Å². The number of para-hydroxylation sites is 1. The summed E-state index contributed by atoms with van der Waals surface area (Å²) in [4.78, 5) is 0. The van der Waals surface area contributed by atoms with Crippen LogP contribution in [-0.2, 0) is 0 Å². The number of aryl methyl sites for hydroxylation is 1. The summed E-state index contributed by atoms with van der Waals surface area (Å²) in [5.74, 6) is -0.259. The molecule has 0 saturated carbocycles. The van der Waals surface area contributed by atoms with Gasteiger partial charge in [0.25, 0.3) is 0 Å². The van der Waals surface area contributed by atoms with Gasteiger partial charge in [-0.1, -0.05) is 30.3 Å². The van der Waals surface area contributed by atoms with Crippen molar-refractivity contribution < 1.29 is 4.39 Å². The van der Waals surface area contributed by atoms with Gasteiger partial charge in [-0.3, -0.25) is 5.43 Å². The van der Waals surface area contributed by atoms with E-state index in [1.165, 1.54) is 12.1 Å². The van der Waals surface area contributed by atoms with Crippen LogP contribution in [0, 0.1) is 12.7 Å². The third-order valence-electron chi connectivity index (χ3n) is 2.39. The van der Waals surface area contributed by atoms with E-state index in [-0.39, 0.29) is 5.82 Å². The number of nitrogens with zero attached hydrogens (tertiary/aromatic N) is 1. The fourth-order valence-corrected chi connectivity index (χ4v) is 1.46. The van der Waals surface area contributed by atoms with E-state index in [9.17, 15) is 4.39 Å². The van der Waals surface area contributed by atoms with Gasteiger partial charge in [0.15, 0.2) is 0 Å². The van der Waals surface area contributed by atoms with Crippen molar-refractivity contribution >= 4 is 11.9 Å². The normalized spacial score (nSPS) is 10.7. The highest BCUT2D eigenvalue weighted by Gasteiger charge is 1.93. The maximum Gasteiger partial charge on any atom is 0.123 e. The van der Waals surface area contributed by atoms with E-state index in [0.717, 1.165) is 16.8 Å². The van der Waals surface area contributed by atoms with Gasteiger partial charge in [-0.15, -0.1) is 0 Å². The monoisotopic (exact) mass is 228 g/mol. The molecular formula is C14H13FN2. The molecule has 3 heteroatoms. The topological polar surface area (TPSA) is 24.4 Å². The van der Waals surface area contributed by atoms with Crippen LogP contribution in [0.3, 0.4) is 0 Å². The Morgan fingerprint density at radius 1 is 1.12 bits per heavy atom. The molecule has 0 saturated heterocycles. The van der Waals surface area contributed by atoms with E-state index >= 15 is 0 Å². The second kappa shape index (κ2) is 5.25. The molecule has 1 N–H and O–H groups in total. The van der Waals surface area contributed by atoms with E-state index in [1.807, 2.05) is 31.2 Å². The van der Waals surface area contributed by atoms with Gasteiger partial charge in [-0.2, -0.15) is 5.10 Å². The second-order valence-electron chi connectivity index (χ2n) is 3.74. The van der Waals surface area contributed by atoms with Crippen LogP contribution in [0.5, 0.6) is 0 Å². The van der Waals surface area contributed by atoms with Crippen LogP contribution in [0.4, 0.5) is 10.1 Å². The summed E-state index contributed by atoms with van der Waals surface area (Å²) in [6.45, 7) is 2.00. The Bertz CT molecular complexity index is 535. The lowest BCUT2D eigenvalue weighted by atomic mass is 10.2. The predicted molar refractivity (Wildman–Crippen MR) is 68.8 cm³/mol. The maximum atomic E-state index is 12.9. The van der Waals surface area contributed by atoms with E-state index in [0.29, 0.717) is 0 Å². The Balaban J connectivity index is 2.06. The van der Waals surface area contributed by atoms with Crippen molar-refractivity contribution in [3.05, 3.63) is 65.5 Å². The first-order chi connectivity index (χ1) is 8.25. The lowest BCUT2D eigenvalue weighted by Crippen LogP contribution is -1.92. The molecular weight excluding hydrogens is 215 g/mol. The van der Waals surface area contributed by atoms with Crippen molar-refractivity contribution in [1.29, 1.82) is 0 Å². The SMILES string of the molecule is Cc1ccccc1N/N=C/c1cccc(F)c1. The molecule has 0 aliphatic heterocycles.